The van der Waals surface area contributed by atoms with Crippen LogP contribution < -0.4 is 4.74 Å². The van der Waals surface area contributed by atoms with Gasteiger partial charge in [0, 0.05) is 18.7 Å². The van der Waals surface area contributed by atoms with Crippen LogP contribution in [0.4, 0.5) is 0 Å². The van der Waals surface area contributed by atoms with Gasteiger partial charge in [-0.3, -0.25) is 9.59 Å². The van der Waals surface area contributed by atoms with E-state index < -0.39 is 0 Å². The number of esters is 1. The minimum Gasteiger partial charge on any atom is -0.504 e. The Morgan fingerprint density at radius 2 is 2.10 bits per heavy atom. The number of rotatable bonds is 3. The van der Waals surface area contributed by atoms with Crippen molar-refractivity contribution < 1.29 is 24.2 Å². The summed E-state index contributed by atoms with van der Waals surface area (Å²) in [6, 6.07) is 4.52. The number of benzene rings is 1. The van der Waals surface area contributed by atoms with Gasteiger partial charge in [0.2, 0.25) is 0 Å². The molecule has 1 atom stereocenters. The van der Waals surface area contributed by atoms with Crippen molar-refractivity contribution in [1.82, 2.24) is 4.90 Å². The van der Waals surface area contributed by atoms with Gasteiger partial charge < -0.3 is 19.5 Å². The molecule has 21 heavy (non-hydrogen) atoms. The van der Waals surface area contributed by atoms with E-state index in [0.717, 1.165) is 12.8 Å². The summed E-state index contributed by atoms with van der Waals surface area (Å²) in [6.45, 7) is 0.942. The van der Waals surface area contributed by atoms with Crippen molar-refractivity contribution in [3.05, 3.63) is 23.8 Å². The van der Waals surface area contributed by atoms with Gasteiger partial charge in [0.15, 0.2) is 11.5 Å². The summed E-state index contributed by atoms with van der Waals surface area (Å²) in [5, 5.41) is 9.75. The van der Waals surface area contributed by atoms with Gasteiger partial charge in [-0.15, -0.1) is 0 Å². The lowest BCUT2D eigenvalue weighted by Crippen LogP contribution is -2.42. The monoisotopic (exact) mass is 293 g/mol. The van der Waals surface area contributed by atoms with Gasteiger partial charge in [0.25, 0.3) is 5.91 Å². The molecule has 1 fully saturated rings. The number of phenolic OH excluding ortho intramolecular Hbond substituents is 1. The molecule has 114 valence electrons. The summed E-state index contributed by atoms with van der Waals surface area (Å²) in [6.07, 6.45) is 1.48. The van der Waals surface area contributed by atoms with Crippen LogP contribution in [0.2, 0.25) is 0 Å². The third-order valence-corrected chi connectivity index (χ3v) is 3.67. The highest BCUT2D eigenvalue weighted by atomic mass is 16.5. The SMILES string of the molecule is COC(=O)C1CCCN(C(=O)c2ccc(OC)c(O)c2)C1. The normalized spacial score (nSPS) is 18.2. The van der Waals surface area contributed by atoms with Crippen molar-refractivity contribution >= 4 is 11.9 Å². The van der Waals surface area contributed by atoms with Crippen LogP contribution in [0, 0.1) is 5.92 Å². The van der Waals surface area contributed by atoms with Gasteiger partial charge in [0.05, 0.1) is 20.1 Å². The van der Waals surface area contributed by atoms with Crippen LogP contribution in [0.15, 0.2) is 18.2 Å². The van der Waals surface area contributed by atoms with Gasteiger partial charge >= 0.3 is 5.97 Å². The fourth-order valence-electron chi connectivity index (χ4n) is 2.53. The quantitative estimate of drug-likeness (QED) is 0.853. The van der Waals surface area contributed by atoms with Gasteiger partial charge in [-0.2, -0.15) is 0 Å². The van der Waals surface area contributed by atoms with Gasteiger partial charge in [0.1, 0.15) is 0 Å². The molecule has 1 amide bonds. The summed E-state index contributed by atoms with van der Waals surface area (Å²) in [4.78, 5) is 25.6. The predicted molar refractivity (Wildman–Crippen MR) is 75.3 cm³/mol. The molecular formula is C15H19NO5. The molecule has 1 aromatic rings. The number of piperidine rings is 1. The Hall–Kier alpha value is -2.24. The maximum absolute atomic E-state index is 12.4. The van der Waals surface area contributed by atoms with Crippen LogP contribution in [0.25, 0.3) is 0 Å². The van der Waals surface area contributed by atoms with E-state index in [9.17, 15) is 14.7 Å². The van der Waals surface area contributed by atoms with E-state index >= 15 is 0 Å². The number of likely N-dealkylation sites (tertiary alicyclic amines) is 1. The Labute approximate surface area is 123 Å². The fraction of sp³-hybridized carbons (Fsp3) is 0.467. The van der Waals surface area contributed by atoms with Crippen LogP contribution in [-0.4, -0.2) is 49.2 Å². The molecule has 0 bridgehead atoms. The number of methoxy groups -OCH3 is 2. The first kappa shape index (κ1) is 15.2. The van der Waals surface area contributed by atoms with Crippen LogP contribution in [-0.2, 0) is 9.53 Å². The Morgan fingerprint density at radius 1 is 1.33 bits per heavy atom. The standard InChI is InChI=1S/C15H19NO5/c1-20-13-6-5-10(8-12(13)17)14(18)16-7-3-4-11(9-16)15(19)21-2/h5-6,8,11,17H,3-4,7,9H2,1-2H3. The minimum absolute atomic E-state index is 0.0788. The number of hydrogen-bond acceptors (Lipinski definition) is 5. The van der Waals surface area contributed by atoms with Crippen molar-refractivity contribution in [2.45, 2.75) is 12.8 Å². The first-order valence-electron chi connectivity index (χ1n) is 6.81. The molecule has 1 heterocycles. The predicted octanol–water partition coefficient (Wildman–Crippen LogP) is 1.43. The second-order valence-electron chi connectivity index (χ2n) is 5.00. The van der Waals surface area contributed by atoms with Crippen molar-refractivity contribution in [2.75, 3.05) is 27.3 Å². The maximum Gasteiger partial charge on any atom is 0.310 e. The molecule has 0 saturated carbocycles. The van der Waals surface area contributed by atoms with E-state index in [-0.39, 0.29) is 23.5 Å². The van der Waals surface area contributed by atoms with E-state index in [2.05, 4.69) is 0 Å². The van der Waals surface area contributed by atoms with Gasteiger partial charge in [-0.1, -0.05) is 0 Å². The third-order valence-electron chi connectivity index (χ3n) is 3.67. The summed E-state index contributed by atoms with van der Waals surface area (Å²) in [5.41, 5.74) is 0.374. The van der Waals surface area contributed by atoms with Crippen molar-refractivity contribution in [1.29, 1.82) is 0 Å². The third kappa shape index (κ3) is 3.26. The first-order valence-corrected chi connectivity index (χ1v) is 6.81. The van der Waals surface area contributed by atoms with Crippen LogP contribution >= 0.6 is 0 Å². The highest BCUT2D eigenvalue weighted by Crippen LogP contribution is 2.27. The average molecular weight is 293 g/mol. The summed E-state index contributed by atoms with van der Waals surface area (Å²) in [5.74, 6) is -0.534. The van der Waals surface area contributed by atoms with E-state index in [1.54, 1.807) is 17.0 Å². The Kier molecular flexibility index (Phi) is 4.67. The molecule has 1 saturated heterocycles. The number of carbonyl (C=O) groups is 2. The molecule has 2 rings (SSSR count). The lowest BCUT2D eigenvalue weighted by atomic mass is 9.97. The summed E-state index contributed by atoms with van der Waals surface area (Å²) in [7, 11) is 2.80. The highest BCUT2D eigenvalue weighted by Gasteiger charge is 2.29. The number of nitrogens with zero attached hydrogens (tertiary/aromatic N) is 1. The van der Waals surface area contributed by atoms with Crippen LogP contribution in [0.1, 0.15) is 23.2 Å². The lowest BCUT2D eigenvalue weighted by Gasteiger charge is -2.31. The largest absolute Gasteiger partial charge is 0.504 e. The van der Waals surface area contributed by atoms with Crippen molar-refractivity contribution in [3.8, 4) is 11.5 Å². The minimum atomic E-state index is -0.287. The molecule has 0 radical (unpaired) electrons. The van der Waals surface area contributed by atoms with Gasteiger partial charge in [-0.25, -0.2) is 0 Å². The number of phenols is 1. The zero-order valence-electron chi connectivity index (χ0n) is 12.2. The molecule has 1 N–H and O–H groups in total. The zero-order valence-corrected chi connectivity index (χ0v) is 12.2. The van der Waals surface area contributed by atoms with E-state index in [4.69, 9.17) is 9.47 Å². The first-order chi connectivity index (χ1) is 10.1. The second kappa shape index (κ2) is 6.47. The molecule has 6 nitrogen and oxygen atoms in total. The van der Waals surface area contributed by atoms with Crippen LogP contribution in [0.3, 0.4) is 0 Å². The number of amides is 1. The molecule has 1 unspecified atom stereocenters. The van der Waals surface area contributed by atoms with Crippen molar-refractivity contribution in [2.24, 2.45) is 5.92 Å². The zero-order chi connectivity index (χ0) is 15.4. The Morgan fingerprint density at radius 3 is 2.71 bits per heavy atom. The maximum atomic E-state index is 12.4. The number of ether oxygens (including phenoxy) is 2. The molecule has 1 aliphatic heterocycles. The molecule has 6 heteroatoms. The summed E-state index contributed by atoms with van der Waals surface area (Å²) >= 11 is 0. The number of aromatic hydroxyl groups is 1. The van der Waals surface area contributed by atoms with E-state index in [1.807, 2.05) is 0 Å². The average Bonchev–Trinajstić information content (AvgIpc) is 2.53. The van der Waals surface area contributed by atoms with E-state index in [1.165, 1.54) is 20.3 Å². The van der Waals surface area contributed by atoms with Gasteiger partial charge in [-0.05, 0) is 31.0 Å². The Bertz CT molecular complexity index is 543. The van der Waals surface area contributed by atoms with Crippen LogP contribution in [0.5, 0.6) is 11.5 Å². The molecule has 0 aromatic heterocycles. The lowest BCUT2D eigenvalue weighted by molar-refractivity contribution is -0.146. The smallest absolute Gasteiger partial charge is 0.310 e. The molecule has 1 aromatic carbocycles. The molecule has 0 spiro atoms. The summed E-state index contributed by atoms with van der Waals surface area (Å²) < 4.78 is 9.69. The molecule has 1 aliphatic rings. The van der Waals surface area contributed by atoms with E-state index in [0.29, 0.717) is 24.4 Å². The molecular weight excluding hydrogens is 274 g/mol. The Balaban J connectivity index is 2.12. The van der Waals surface area contributed by atoms with Crippen molar-refractivity contribution in [3.63, 3.8) is 0 Å². The number of carbonyl (C=O) groups excluding carboxylic acids is 2. The second-order valence-corrected chi connectivity index (χ2v) is 5.00. The topological polar surface area (TPSA) is 76.1 Å². The fourth-order valence-corrected chi connectivity index (χ4v) is 2.53. The number of hydrogen-bond donors (Lipinski definition) is 1. The highest BCUT2D eigenvalue weighted by molar-refractivity contribution is 5.95. The molecule has 0 aliphatic carbocycles.